The fourth-order valence-corrected chi connectivity index (χ4v) is 8.81. The van der Waals surface area contributed by atoms with Gasteiger partial charge in [0.05, 0.1) is 46.1 Å². The number of carbonyl (C=O) groups excluding carboxylic acids is 1. The fraction of sp³-hybridized carbons (Fsp3) is 0.517. The molecular formula is C29H43NO7Si. The maximum absolute atomic E-state index is 11.4. The summed E-state index contributed by atoms with van der Waals surface area (Å²) in [7, 11) is -2.54. The van der Waals surface area contributed by atoms with Gasteiger partial charge in [0.1, 0.15) is 0 Å². The van der Waals surface area contributed by atoms with Crippen molar-refractivity contribution in [3.05, 3.63) is 60.7 Å². The summed E-state index contributed by atoms with van der Waals surface area (Å²) in [4.78, 5) is 21.9. The summed E-state index contributed by atoms with van der Waals surface area (Å²) < 4.78 is 23.6. The van der Waals surface area contributed by atoms with Crippen LogP contribution < -0.4 is 15.7 Å². The predicted octanol–water partition coefficient (Wildman–Crippen LogP) is 2.98. The van der Waals surface area contributed by atoms with Gasteiger partial charge in [-0.05, 0) is 21.8 Å². The van der Waals surface area contributed by atoms with E-state index in [2.05, 4.69) is 74.6 Å². The van der Waals surface area contributed by atoms with Crippen LogP contribution in [0.1, 0.15) is 40.0 Å². The van der Waals surface area contributed by atoms with E-state index in [1.54, 1.807) is 0 Å². The highest BCUT2D eigenvalue weighted by atomic mass is 28.4. The molecule has 1 amide bonds. The molecule has 0 bridgehead atoms. The van der Waals surface area contributed by atoms with Crippen LogP contribution in [0.3, 0.4) is 0 Å². The second-order valence-corrected chi connectivity index (χ2v) is 14.3. The number of nitrogens with one attached hydrogen (secondary N) is 1. The smallest absolute Gasteiger partial charge is 0.303 e. The van der Waals surface area contributed by atoms with Gasteiger partial charge >= 0.3 is 5.97 Å². The second-order valence-electron chi connectivity index (χ2n) is 9.95. The molecule has 38 heavy (non-hydrogen) atoms. The average Bonchev–Trinajstić information content (AvgIpc) is 2.90. The van der Waals surface area contributed by atoms with Gasteiger partial charge in [0.2, 0.25) is 5.91 Å². The highest BCUT2D eigenvalue weighted by Gasteiger charge is 2.49. The zero-order valence-corrected chi connectivity index (χ0v) is 23.9. The molecule has 0 unspecified atom stereocenters. The second kappa shape index (κ2) is 17.1. The third-order valence-electron chi connectivity index (χ3n) is 6.06. The lowest BCUT2D eigenvalue weighted by atomic mass is 10.2. The van der Waals surface area contributed by atoms with Gasteiger partial charge in [-0.3, -0.25) is 9.59 Å². The zero-order chi connectivity index (χ0) is 27.7. The number of amides is 1. The van der Waals surface area contributed by atoms with Crippen molar-refractivity contribution in [3.8, 4) is 0 Å². The van der Waals surface area contributed by atoms with Gasteiger partial charge in [0.15, 0.2) is 0 Å². The van der Waals surface area contributed by atoms with Crippen molar-refractivity contribution in [2.75, 3.05) is 52.8 Å². The number of ether oxygens (including phenoxy) is 3. The topological polar surface area (TPSA) is 103 Å². The number of hydrogen-bond acceptors (Lipinski definition) is 6. The summed E-state index contributed by atoms with van der Waals surface area (Å²) in [6.07, 6.45) is 0.502. The van der Waals surface area contributed by atoms with Gasteiger partial charge in [-0.1, -0.05) is 81.4 Å². The van der Waals surface area contributed by atoms with Crippen LogP contribution >= 0.6 is 0 Å². The number of carboxylic acids is 1. The minimum absolute atomic E-state index is 0.00230. The Kier molecular flexibility index (Phi) is 14.3. The van der Waals surface area contributed by atoms with E-state index in [1.165, 1.54) is 10.4 Å². The Morgan fingerprint density at radius 3 is 1.68 bits per heavy atom. The van der Waals surface area contributed by atoms with Crippen molar-refractivity contribution in [3.63, 3.8) is 0 Å². The Labute approximate surface area is 227 Å². The average molecular weight is 546 g/mol. The summed E-state index contributed by atoms with van der Waals surface area (Å²) in [5, 5.41) is 13.7. The van der Waals surface area contributed by atoms with E-state index in [0.717, 1.165) is 0 Å². The number of hydrogen-bond donors (Lipinski definition) is 2. The Hall–Kier alpha value is -2.56. The molecule has 8 nitrogen and oxygen atoms in total. The molecule has 0 saturated heterocycles. The first-order chi connectivity index (χ1) is 18.3. The zero-order valence-electron chi connectivity index (χ0n) is 22.9. The monoisotopic (exact) mass is 545 g/mol. The van der Waals surface area contributed by atoms with E-state index in [-0.39, 0.29) is 23.8 Å². The molecule has 0 heterocycles. The summed E-state index contributed by atoms with van der Waals surface area (Å²) in [6, 6.07) is 21.1. The number of carboxylic acid groups (broad SMARTS) is 1. The molecule has 0 aliphatic carbocycles. The molecular weight excluding hydrogens is 502 g/mol. The molecule has 2 aromatic rings. The third-order valence-corrected chi connectivity index (χ3v) is 11.1. The maximum Gasteiger partial charge on any atom is 0.303 e. The van der Waals surface area contributed by atoms with Crippen molar-refractivity contribution >= 4 is 30.6 Å². The highest BCUT2D eigenvalue weighted by Crippen LogP contribution is 2.36. The van der Waals surface area contributed by atoms with Gasteiger partial charge in [0.25, 0.3) is 8.32 Å². The van der Waals surface area contributed by atoms with Gasteiger partial charge in [-0.25, -0.2) is 0 Å². The summed E-state index contributed by atoms with van der Waals surface area (Å²) in [5.41, 5.74) is 0. The van der Waals surface area contributed by atoms with Gasteiger partial charge in [0, 0.05) is 19.6 Å². The minimum Gasteiger partial charge on any atom is -0.481 e. The van der Waals surface area contributed by atoms with Crippen LogP contribution in [0.5, 0.6) is 0 Å². The Morgan fingerprint density at radius 1 is 0.737 bits per heavy atom. The lowest BCUT2D eigenvalue weighted by molar-refractivity contribution is -0.138. The normalized spacial score (nSPS) is 11.9. The molecule has 0 radical (unpaired) electrons. The van der Waals surface area contributed by atoms with Crippen molar-refractivity contribution < 1.29 is 33.3 Å². The molecule has 0 aliphatic heterocycles. The first-order valence-corrected chi connectivity index (χ1v) is 15.1. The number of benzene rings is 2. The molecule has 0 aromatic heterocycles. The first-order valence-electron chi connectivity index (χ1n) is 13.2. The SMILES string of the molecule is CC(C)(C)[Si](OCCOCCOCCOCCCNC(=O)CCC(=O)O)(c1ccccc1)c1ccccc1. The van der Waals surface area contributed by atoms with E-state index in [9.17, 15) is 9.59 Å². The number of carbonyl (C=O) groups is 2. The van der Waals surface area contributed by atoms with Crippen LogP contribution in [-0.4, -0.2) is 78.1 Å². The molecule has 0 aliphatic rings. The van der Waals surface area contributed by atoms with E-state index in [4.69, 9.17) is 23.7 Å². The predicted molar refractivity (Wildman–Crippen MR) is 151 cm³/mol. The van der Waals surface area contributed by atoms with Gasteiger partial charge in [-0.15, -0.1) is 0 Å². The van der Waals surface area contributed by atoms with E-state index >= 15 is 0 Å². The third kappa shape index (κ3) is 10.7. The Morgan fingerprint density at radius 2 is 1.21 bits per heavy atom. The van der Waals surface area contributed by atoms with Crippen LogP contribution in [0.25, 0.3) is 0 Å². The van der Waals surface area contributed by atoms with E-state index in [0.29, 0.717) is 59.2 Å². The van der Waals surface area contributed by atoms with Gasteiger partial charge < -0.3 is 29.1 Å². The molecule has 2 aromatic carbocycles. The van der Waals surface area contributed by atoms with Crippen molar-refractivity contribution in [1.82, 2.24) is 5.32 Å². The number of rotatable bonds is 19. The quantitative estimate of drug-likeness (QED) is 0.207. The van der Waals surface area contributed by atoms with Crippen LogP contribution in [-0.2, 0) is 28.2 Å². The van der Waals surface area contributed by atoms with Gasteiger partial charge in [-0.2, -0.15) is 0 Å². The molecule has 0 spiro atoms. The summed E-state index contributed by atoms with van der Waals surface area (Å²) in [6.45, 7) is 10.6. The van der Waals surface area contributed by atoms with Crippen molar-refractivity contribution in [1.29, 1.82) is 0 Å². The van der Waals surface area contributed by atoms with E-state index < -0.39 is 14.3 Å². The lowest BCUT2D eigenvalue weighted by Gasteiger charge is -2.43. The lowest BCUT2D eigenvalue weighted by Crippen LogP contribution is -2.66. The molecule has 0 fully saturated rings. The van der Waals surface area contributed by atoms with Crippen molar-refractivity contribution in [2.45, 2.75) is 45.1 Å². The highest BCUT2D eigenvalue weighted by molar-refractivity contribution is 6.99. The van der Waals surface area contributed by atoms with E-state index in [1.807, 2.05) is 12.1 Å². The molecule has 2 rings (SSSR count). The molecule has 0 atom stereocenters. The molecule has 2 N–H and O–H groups in total. The fourth-order valence-electron chi connectivity index (χ4n) is 4.27. The Bertz CT molecular complexity index is 895. The minimum atomic E-state index is -2.54. The first kappa shape index (κ1) is 31.7. The van der Waals surface area contributed by atoms with Crippen LogP contribution in [0.2, 0.25) is 5.04 Å². The summed E-state index contributed by atoms with van der Waals surface area (Å²) in [5.74, 6) is -1.23. The largest absolute Gasteiger partial charge is 0.481 e. The van der Waals surface area contributed by atoms with Crippen LogP contribution in [0, 0.1) is 0 Å². The maximum atomic E-state index is 11.4. The molecule has 0 saturated carbocycles. The number of aliphatic carboxylic acids is 1. The summed E-state index contributed by atoms with van der Waals surface area (Å²) >= 11 is 0. The van der Waals surface area contributed by atoms with Crippen LogP contribution in [0.4, 0.5) is 0 Å². The van der Waals surface area contributed by atoms with Crippen molar-refractivity contribution in [2.24, 2.45) is 0 Å². The Balaban J connectivity index is 1.63. The molecule has 210 valence electrons. The standard InChI is InChI=1S/C29H43NO7Si/c1-29(2,3)38(25-11-6-4-7-12-25,26-13-8-5-9-14-26)37-24-23-36-22-21-35-20-19-34-18-10-17-30-27(31)15-16-28(32)33/h4-9,11-14H,10,15-24H2,1-3H3,(H,30,31)(H,32,33). The molecule has 9 heteroatoms. The van der Waals surface area contributed by atoms with Crippen LogP contribution in [0.15, 0.2) is 60.7 Å².